The first kappa shape index (κ1) is 29.1. The Morgan fingerprint density at radius 1 is 1.02 bits per heavy atom. The molecule has 1 saturated heterocycles. The van der Waals surface area contributed by atoms with Gasteiger partial charge in [-0.3, -0.25) is 24.6 Å². The van der Waals surface area contributed by atoms with Gasteiger partial charge in [0.05, 0.1) is 6.10 Å². The maximum Gasteiger partial charge on any atom is 0.255 e. The van der Waals surface area contributed by atoms with Crippen molar-refractivity contribution < 1.29 is 23.9 Å². The number of amides is 3. The van der Waals surface area contributed by atoms with Crippen LogP contribution in [0.2, 0.25) is 0 Å². The number of imide groups is 1. The van der Waals surface area contributed by atoms with Crippen LogP contribution < -0.4 is 10.1 Å². The normalized spacial score (nSPS) is 29.7. The van der Waals surface area contributed by atoms with Crippen LogP contribution in [0.1, 0.15) is 101 Å². The Morgan fingerprint density at radius 2 is 1.80 bits per heavy atom. The number of hydrogen-bond donors (Lipinski definition) is 1. The number of carbonyl (C=O) groups excluding carboxylic acids is 3. The van der Waals surface area contributed by atoms with Crippen molar-refractivity contribution in [3.8, 4) is 5.75 Å². The summed E-state index contributed by atoms with van der Waals surface area (Å²) in [6, 6.07) is 6.01. The van der Waals surface area contributed by atoms with E-state index in [0.29, 0.717) is 48.6 Å². The third kappa shape index (κ3) is 6.38. The van der Waals surface area contributed by atoms with Gasteiger partial charge in [0.15, 0.2) is 0 Å². The summed E-state index contributed by atoms with van der Waals surface area (Å²) in [5.41, 5.74) is 1.51. The third-order valence-corrected chi connectivity index (χ3v) is 9.60. The monoisotopic (exact) mass is 553 g/mol. The highest BCUT2D eigenvalue weighted by Crippen LogP contribution is 2.36. The fraction of sp³-hybridized carbons (Fsp3) is 0.719. The van der Waals surface area contributed by atoms with Gasteiger partial charge in [-0.15, -0.1) is 0 Å². The van der Waals surface area contributed by atoms with E-state index in [-0.39, 0.29) is 30.2 Å². The topological polar surface area (TPSA) is 88.2 Å². The van der Waals surface area contributed by atoms with Crippen LogP contribution in [0, 0.1) is 11.8 Å². The van der Waals surface area contributed by atoms with Gasteiger partial charge in [0.25, 0.3) is 5.91 Å². The Morgan fingerprint density at radius 3 is 2.50 bits per heavy atom. The molecular formula is C32H47N3O5. The quantitative estimate of drug-likeness (QED) is 0.423. The van der Waals surface area contributed by atoms with Crippen LogP contribution in [-0.2, 0) is 20.9 Å². The molecule has 0 spiro atoms. The first-order chi connectivity index (χ1) is 19.2. The van der Waals surface area contributed by atoms with Crippen molar-refractivity contribution in [2.75, 3.05) is 13.7 Å². The highest BCUT2D eigenvalue weighted by Gasteiger charge is 2.40. The molecule has 5 rings (SSSR count). The predicted molar refractivity (Wildman–Crippen MR) is 153 cm³/mol. The number of hydrogen-bond acceptors (Lipinski definition) is 6. The lowest BCUT2D eigenvalue weighted by Gasteiger charge is -2.41. The molecule has 1 N–H and O–H groups in total. The van der Waals surface area contributed by atoms with Gasteiger partial charge in [0, 0.05) is 44.3 Å². The number of methoxy groups -OCH3 is 1. The Balaban J connectivity index is 1.27. The molecule has 4 aliphatic rings. The first-order valence-corrected chi connectivity index (χ1v) is 15.5. The van der Waals surface area contributed by atoms with E-state index in [4.69, 9.17) is 9.47 Å². The molecule has 220 valence electrons. The molecule has 0 bridgehead atoms. The zero-order valence-corrected chi connectivity index (χ0v) is 24.7. The molecule has 8 heteroatoms. The van der Waals surface area contributed by atoms with Crippen LogP contribution in [0.4, 0.5) is 0 Å². The second-order valence-electron chi connectivity index (χ2n) is 12.9. The summed E-state index contributed by atoms with van der Waals surface area (Å²) in [6.45, 7) is 8.50. The SMILES string of the molecule is COC1CCC(CN(C(C)CC(C)C)[C@H]2CCC[C@@H]2Oc2ccc3c(c2)CN(C2CCC(=O)NC2=O)C3=O)CC1. The fourth-order valence-electron chi connectivity index (χ4n) is 7.53. The second kappa shape index (κ2) is 12.6. The zero-order chi connectivity index (χ0) is 28.4. The van der Waals surface area contributed by atoms with Crippen LogP contribution in [0.3, 0.4) is 0 Å². The third-order valence-electron chi connectivity index (χ3n) is 9.60. The number of nitrogens with one attached hydrogen (secondary N) is 1. The van der Waals surface area contributed by atoms with Crippen molar-refractivity contribution in [2.24, 2.45) is 11.8 Å². The van der Waals surface area contributed by atoms with Crippen LogP contribution >= 0.6 is 0 Å². The van der Waals surface area contributed by atoms with Crippen molar-refractivity contribution in [2.45, 2.75) is 122 Å². The van der Waals surface area contributed by atoms with Crippen molar-refractivity contribution in [3.63, 3.8) is 0 Å². The smallest absolute Gasteiger partial charge is 0.255 e. The molecule has 8 nitrogen and oxygen atoms in total. The number of rotatable bonds is 10. The minimum Gasteiger partial charge on any atom is -0.489 e. The Labute approximate surface area is 239 Å². The number of carbonyl (C=O) groups is 3. The summed E-state index contributed by atoms with van der Waals surface area (Å²) in [6.07, 6.45) is 10.4. The van der Waals surface area contributed by atoms with Gasteiger partial charge in [0.2, 0.25) is 11.8 Å². The van der Waals surface area contributed by atoms with Crippen LogP contribution in [0.15, 0.2) is 18.2 Å². The molecule has 2 aliphatic heterocycles. The van der Waals surface area contributed by atoms with Gasteiger partial charge in [0.1, 0.15) is 17.9 Å². The number of piperidine rings is 1. The lowest BCUT2D eigenvalue weighted by Crippen LogP contribution is -2.52. The zero-order valence-electron chi connectivity index (χ0n) is 24.7. The lowest BCUT2D eigenvalue weighted by atomic mass is 9.86. The van der Waals surface area contributed by atoms with E-state index in [0.717, 1.165) is 50.0 Å². The van der Waals surface area contributed by atoms with E-state index in [2.05, 4.69) is 31.0 Å². The molecule has 2 saturated carbocycles. The summed E-state index contributed by atoms with van der Waals surface area (Å²) in [4.78, 5) is 41.5. The van der Waals surface area contributed by atoms with Crippen LogP contribution in [-0.4, -0.2) is 71.5 Å². The molecule has 0 aromatic heterocycles. The summed E-state index contributed by atoms with van der Waals surface area (Å²) in [7, 11) is 1.84. The molecule has 3 fully saturated rings. The van der Waals surface area contributed by atoms with Crippen molar-refractivity contribution in [1.29, 1.82) is 0 Å². The molecule has 2 aliphatic carbocycles. The van der Waals surface area contributed by atoms with Gasteiger partial charge in [-0.1, -0.05) is 13.8 Å². The minimum atomic E-state index is -0.601. The molecule has 40 heavy (non-hydrogen) atoms. The van der Waals surface area contributed by atoms with Gasteiger partial charge in [-0.2, -0.15) is 0 Å². The summed E-state index contributed by atoms with van der Waals surface area (Å²) < 4.78 is 12.3. The Hall–Kier alpha value is -2.45. The predicted octanol–water partition coefficient (Wildman–Crippen LogP) is 4.69. The maximum absolute atomic E-state index is 13.1. The second-order valence-corrected chi connectivity index (χ2v) is 12.9. The Bertz CT molecular complexity index is 1080. The molecule has 0 radical (unpaired) electrons. The van der Waals surface area contributed by atoms with Gasteiger partial charge in [-0.05, 0) is 100 Å². The summed E-state index contributed by atoms with van der Waals surface area (Å²) in [5.74, 6) is 1.34. The van der Waals surface area contributed by atoms with Crippen LogP contribution in [0.25, 0.3) is 0 Å². The molecule has 1 aromatic carbocycles. The molecular weight excluding hydrogens is 506 g/mol. The number of nitrogens with zero attached hydrogens (tertiary/aromatic N) is 2. The van der Waals surface area contributed by atoms with Gasteiger partial charge < -0.3 is 14.4 Å². The maximum atomic E-state index is 13.1. The Kier molecular flexibility index (Phi) is 9.15. The minimum absolute atomic E-state index is 0.117. The largest absolute Gasteiger partial charge is 0.489 e. The van der Waals surface area contributed by atoms with E-state index in [1.807, 2.05) is 25.3 Å². The van der Waals surface area contributed by atoms with E-state index in [1.54, 1.807) is 4.90 Å². The standard InChI is InChI=1S/C32H47N3O5/c1-20(2)16-21(3)34(18-22-8-10-24(39-4)11-9-22)27-6-5-7-29(27)40-25-12-13-26-23(17-25)19-35(32(26)38)28-14-15-30(36)33-31(28)37/h12-13,17,20-22,24,27-29H,5-11,14-16,18-19H2,1-4H3,(H,33,36,37)/t21?,22?,24?,27-,28?,29-/m0/s1. The average Bonchev–Trinajstić information content (AvgIpc) is 3.51. The molecule has 2 unspecified atom stereocenters. The number of ether oxygens (including phenoxy) is 2. The molecule has 2 heterocycles. The molecule has 1 aromatic rings. The molecule has 4 atom stereocenters. The van der Waals surface area contributed by atoms with E-state index < -0.39 is 6.04 Å². The number of fused-ring (bicyclic) bond motifs is 1. The highest BCUT2D eigenvalue weighted by atomic mass is 16.5. The van der Waals surface area contributed by atoms with Gasteiger partial charge >= 0.3 is 0 Å². The summed E-state index contributed by atoms with van der Waals surface area (Å²) >= 11 is 0. The molecule has 3 amide bonds. The van der Waals surface area contributed by atoms with E-state index in [1.165, 1.54) is 19.3 Å². The van der Waals surface area contributed by atoms with Crippen molar-refractivity contribution >= 4 is 17.7 Å². The number of benzene rings is 1. The van der Waals surface area contributed by atoms with Crippen molar-refractivity contribution in [1.82, 2.24) is 15.1 Å². The lowest BCUT2D eigenvalue weighted by molar-refractivity contribution is -0.136. The first-order valence-electron chi connectivity index (χ1n) is 15.5. The van der Waals surface area contributed by atoms with E-state index >= 15 is 0 Å². The van der Waals surface area contributed by atoms with Gasteiger partial charge in [-0.25, -0.2) is 0 Å². The highest BCUT2D eigenvalue weighted by molar-refractivity contribution is 6.05. The average molecular weight is 554 g/mol. The fourth-order valence-corrected chi connectivity index (χ4v) is 7.53. The van der Waals surface area contributed by atoms with Crippen molar-refractivity contribution in [3.05, 3.63) is 29.3 Å². The van der Waals surface area contributed by atoms with Crippen LogP contribution in [0.5, 0.6) is 5.75 Å². The summed E-state index contributed by atoms with van der Waals surface area (Å²) in [5, 5.41) is 2.38. The van der Waals surface area contributed by atoms with E-state index in [9.17, 15) is 14.4 Å².